The van der Waals surface area contributed by atoms with Gasteiger partial charge in [-0.1, -0.05) is 58.7 Å². The van der Waals surface area contributed by atoms with E-state index in [0.717, 1.165) is 16.6 Å². The average molecular weight is 406 g/mol. The molecule has 1 atom stereocenters. The van der Waals surface area contributed by atoms with E-state index in [9.17, 15) is 4.79 Å². The molecule has 2 aromatic carbocycles. The molecule has 0 radical (unpaired) electrons. The predicted octanol–water partition coefficient (Wildman–Crippen LogP) is 5.57. The first-order chi connectivity index (χ1) is 11.5. The summed E-state index contributed by atoms with van der Waals surface area (Å²) in [4.78, 5) is 12.3. The molecule has 0 bridgehead atoms. The van der Waals surface area contributed by atoms with Crippen LogP contribution in [0.1, 0.15) is 41.6 Å². The lowest BCUT2D eigenvalue weighted by molar-refractivity contribution is -0.119. The summed E-state index contributed by atoms with van der Waals surface area (Å²) in [5, 5.41) is 3.17. The second kappa shape index (κ2) is 9.28. The van der Waals surface area contributed by atoms with Crippen LogP contribution in [0.2, 0.25) is 0 Å². The zero-order valence-corrected chi connectivity index (χ0v) is 16.8. The van der Waals surface area contributed by atoms with Gasteiger partial charge < -0.3 is 5.32 Å². The highest BCUT2D eigenvalue weighted by atomic mass is 79.9. The SMILES string of the molecule is CCC(NC(=O)CSCc1ccc(Br)cc1)c1ccc(C)cc1C. The van der Waals surface area contributed by atoms with E-state index >= 15 is 0 Å². The van der Waals surface area contributed by atoms with Gasteiger partial charge in [0.25, 0.3) is 0 Å². The number of rotatable bonds is 7. The van der Waals surface area contributed by atoms with E-state index in [1.807, 2.05) is 12.1 Å². The molecule has 0 aliphatic carbocycles. The molecule has 2 nitrogen and oxygen atoms in total. The fourth-order valence-electron chi connectivity index (χ4n) is 2.69. The van der Waals surface area contributed by atoms with Crippen LogP contribution in [0.4, 0.5) is 0 Å². The Morgan fingerprint density at radius 1 is 1.17 bits per heavy atom. The molecule has 0 fully saturated rings. The van der Waals surface area contributed by atoms with Crippen LogP contribution in [-0.2, 0) is 10.5 Å². The summed E-state index contributed by atoms with van der Waals surface area (Å²) in [5.41, 5.74) is 4.94. The predicted molar refractivity (Wildman–Crippen MR) is 107 cm³/mol. The van der Waals surface area contributed by atoms with Gasteiger partial charge in [0.2, 0.25) is 5.91 Å². The Kier molecular flexibility index (Phi) is 7.38. The van der Waals surface area contributed by atoms with Crippen LogP contribution in [0, 0.1) is 13.8 Å². The van der Waals surface area contributed by atoms with Crippen molar-refractivity contribution in [3.05, 3.63) is 69.2 Å². The lowest BCUT2D eigenvalue weighted by Gasteiger charge is -2.20. The molecule has 0 saturated heterocycles. The van der Waals surface area contributed by atoms with Gasteiger partial charge in [0.05, 0.1) is 11.8 Å². The second-order valence-corrected chi connectivity index (χ2v) is 7.91. The van der Waals surface area contributed by atoms with Gasteiger partial charge in [0.15, 0.2) is 0 Å². The molecular formula is C20H24BrNOS. The summed E-state index contributed by atoms with van der Waals surface area (Å²) < 4.78 is 1.08. The van der Waals surface area contributed by atoms with Crippen LogP contribution in [0.15, 0.2) is 46.9 Å². The molecule has 2 aromatic rings. The van der Waals surface area contributed by atoms with E-state index < -0.39 is 0 Å². The first kappa shape index (κ1) is 19.1. The van der Waals surface area contributed by atoms with Crippen LogP contribution in [0.25, 0.3) is 0 Å². The first-order valence-corrected chi connectivity index (χ1v) is 10.1. The van der Waals surface area contributed by atoms with Gasteiger partial charge in [-0.2, -0.15) is 0 Å². The molecule has 0 aliphatic rings. The summed E-state index contributed by atoms with van der Waals surface area (Å²) in [5.74, 6) is 1.43. The largest absolute Gasteiger partial charge is 0.349 e. The maximum Gasteiger partial charge on any atom is 0.230 e. The number of hydrogen-bond acceptors (Lipinski definition) is 2. The summed E-state index contributed by atoms with van der Waals surface area (Å²) in [6.07, 6.45) is 0.896. The topological polar surface area (TPSA) is 29.1 Å². The summed E-state index contributed by atoms with van der Waals surface area (Å²) in [7, 11) is 0. The van der Waals surface area contributed by atoms with Crippen molar-refractivity contribution in [1.29, 1.82) is 0 Å². The molecule has 2 rings (SSSR count). The van der Waals surface area contributed by atoms with E-state index in [2.05, 4.69) is 72.3 Å². The third kappa shape index (κ3) is 5.67. The maximum atomic E-state index is 12.3. The average Bonchev–Trinajstić information content (AvgIpc) is 2.55. The van der Waals surface area contributed by atoms with Crippen molar-refractivity contribution in [1.82, 2.24) is 5.32 Å². The Hall–Kier alpha value is -1.26. The van der Waals surface area contributed by atoms with Crippen LogP contribution in [0.5, 0.6) is 0 Å². The third-order valence-electron chi connectivity index (χ3n) is 3.96. The van der Waals surface area contributed by atoms with Gasteiger partial charge in [-0.3, -0.25) is 4.79 Å². The molecule has 0 spiro atoms. The van der Waals surface area contributed by atoms with Gasteiger partial charge in [-0.15, -0.1) is 11.8 Å². The minimum absolute atomic E-state index is 0.0892. The number of amides is 1. The van der Waals surface area contributed by atoms with Gasteiger partial charge >= 0.3 is 0 Å². The van der Waals surface area contributed by atoms with Gasteiger partial charge in [-0.25, -0.2) is 0 Å². The number of thioether (sulfide) groups is 1. The molecule has 4 heteroatoms. The van der Waals surface area contributed by atoms with Crippen molar-refractivity contribution in [2.45, 2.75) is 39.0 Å². The number of carbonyl (C=O) groups is 1. The monoisotopic (exact) mass is 405 g/mol. The molecule has 24 heavy (non-hydrogen) atoms. The number of carbonyl (C=O) groups excluding carboxylic acids is 1. The summed E-state index contributed by atoms with van der Waals surface area (Å²) >= 11 is 5.08. The van der Waals surface area contributed by atoms with Crippen LogP contribution in [-0.4, -0.2) is 11.7 Å². The standard InChI is InChI=1S/C20H24BrNOS/c1-4-19(18-10-5-14(2)11-15(18)3)22-20(23)13-24-12-16-6-8-17(21)9-7-16/h5-11,19H,4,12-13H2,1-3H3,(H,22,23). The number of benzene rings is 2. The number of hydrogen-bond donors (Lipinski definition) is 1. The van der Waals surface area contributed by atoms with Crippen molar-refractivity contribution in [2.75, 3.05) is 5.75 Å². The highest BCUT2D eigenvalue weighted by Gasteiger charge is 2.14. The first-order valence-electron chi connectivity index (χ1n) is 8.18. The maximum absolute atomic E-state index is 12.3. The van der Waals surface area contributed by atoms with Gasteiger partial charge in [0, 0.05) is 10.2 Å². The Morgan fingerprint density at radius 2 is 1.88 bits per heavy atom. The fraction of sp³-hybridized carbons (Fsp3) is 0.350. The van der Waals surface area contributed by atoms with Crippen molar-refractivity contribution < 1.29 is 4.79 Å². The smallest absolute Gasteiger partial charge is 0.230 e. The van der Waals surface area contributed by atoms with E-state index in [4.69, 9.17) is 0 Å². The summed E-state index contributed by atoms with van der Waals surface area (Å²) in [6.45, 7) is 6.31. The van der Waals surface area contributed by atoms with Crippen molar-refractivity contribution >= 4 is 33.6 Å². The Morgan fingerprint density at radius 3 is 2.50 bits per heavy atom. The fourth-order valence-corrected chi connectivity index (χ4v) is 3.76. The van der Waals surface area contributed by atoms with E-state index in [1.54, 1.807) is 11.8 Å². The van der Waals surface area contributed by atoms with Crippen molar-refractivity contribution in [2.24, 2.45) is 0 Å². The molecule has 0 saturated carbocycles. The normalized spacial score (nSPS) is 12.0. The second-order valence-electron chi connectivity index (χ2n) is 6.01. The Labute approximate surface area is 157 Å². The third-order valence-corrected chi connectivity index (χ3v) is 5.49. The van der Waals surface area contributed by atoms with Crippen LogP contribution >= 0.6 is 27.7 Å². The number of nitrogens with one attached hydrogen (secondary N) is 1. The minimum atomic E-state index is 0.0892. The van der Waals surface area contributed by atoms with Crippen molar-refractivity contribution in [3.63, 3.8) is 0 Å². The number of aryl methyl sites for hydroxylation is 2. The van der Waals surface area contributed by atoms with Crippen molar-refractivity contribution in [3.8, 4) is 0 Å². The Bertz CT molecular complexity index is 685. The lowest BCUT2D eigenvalue weighted by Crippen LogP contribution is -2.30. The molecule has 1 amide bonds. The highest BCUT2D eigenvalue weighted by molar-refractivity contribution is 9.10. The van der Waals surface area contributed by atoms with E-state index in [-0.39, 0.29) is 11.9 Å². The van der Waals surface area contributed by atoms with E-state index in [1.165, 1.54) is 22.3 Å². The minimum Gasteiger partial charge on any atom is -0.349 e. The quantitative estimate of drug-likeness (QED) is 0.652. The highest BCUT2D eigenvalue weighted by Crippen LogP contribution is 2.22. The molecule has 0 aromatic heterocycles. The van der Waals surface area contributed by atoms with Crippen LogP contribution < -0.4 is 5.32 Å². The number of halogens is 1. The molecule has 128 valence electrons. The molecule has 0 heterocycles. The van der Waals surface area contributed by atoms with Crippen LogP contribution in [0.3, 0.4) is 0 Å². The molecule has 1 unspecified atom stereocenters. The summed E-state index contributed by atoms with van der Waals surface area (Å²) in [6, 6.07) is 14.7. The van der Waals surface area contributed by atoms with Gasteiger partial charge in [0.1, 0.15) is 0 Å². The molecule has 0 aliphatic heterocycles. The van der Waals surface area contributed by atoms with Gasteiger partial charge in [-0.05, 0) is 49.1 Å². The zero-order valence-electron chi connectivity index (χ0n) is 14.4. The zero-order chi connectivity index (χ0) is 17.5. The Balaban J connectivity index is 1.86. The molecule has 1 N–H and O–H groups in total. The molecular weight excluding hydrogens is 382 g/mol. The van der Waals surface area contributed by atoms with E-state index in [0.29, 0.717) is 5.75 Å². The lowest BCUT2D eigenvalue weighted by atomic mass is 9.97.